The Kier molecular flexibility index (Phi) is 3.31. The van der Waals surface area contributed by atoms with Gasteiger partial charge in [-0.2, -0.15) is 0 Å². The summed E-state index contributed by atoms with van der Waals surface area (Å²) in [6.45, 7) is 0. The molecule has 3 nitrogen and oxygen atoms in total. The Balaban J connectivity index is 2.84. The molecule has 0 spiro atoms. The zero-order valence-electron chi connectivity index (χ0n) is 5.55. The molecule has 56 valence electrons. The third-order valence-electron chi connectivity index (χ3n) is 1.09. The summed E-state index contributed by atoms with van der Waals surface area (Å²) in [6, 6.07) is 9.42. The summed E-state index contributed by atoms with van der Waals surface area (Å²) in [5, 5.41) is 0. The van der Waals surface area contributed by atoms with Crippen molar-refractivity contribution in [1.82, 2.24) is 0 Å². The molecule has 1 aromatic rings. The fourth-order valence-corrected chi connectivity index (χ4v) is 2.62. The first-order valence-electron chi connectivity index (χ1n) is 2.90. The van der Waals surface area contributed by atoms with Crippen molar-refractivity contribution >= 4 is 28.2 Å². The summed E-state index contributed by atoms with van der Waals surface area (Å²) >= 11 is -1.94. The van der Waals surface area contributed by atoms with Gasteiger partial charge in [0.05, 0.1) is 0 Å². The van der Waals surface area contributed by atoms with Gasteiger partial charge in [0, 0.05) is 0 Å². The van der Waals surface area contributed by atoms with Gasteiger partial charge < -0.3 is 0 Å². The van der Waals surface area contributed by atoms with Gasteiger partial charge in [-0.15, -0.1) is 0 Å². The fraction of sp³-hybridized carbons (Fsp3) is 0. The normalized spacial score (nSPS) is 11.7. The van der Waals surface area contributed by atoms with E-state index in [-0.39, 0.29) is 0 Å². The zero-order chi connectivity index (χ0) is 8.10. The van der Waals surface area contributed by atoms with Crippen LogP contribution in [-0.2, 0) is 0 Å². The molecule has 0 N–H and O–H groups in total. The number of halogens is 1. The third-order valence-corrected chi connectivity index (χ3v) is 4.47. The van der Waals surface area contributed by atoms with E-state index < -0.39 is 13.9 Å². The molecular weight excluding hydrogens is 224 g/mol. The second kappa shape index (κ2) is 4.30. The van der Waals surface area contributed by atoms with Gasteiger partial charge in [0.2, 0.25) is 0 Å². The molecule has 0 radical (unpaired) electrons. The fourth-order valence-electron chi connectivity index (χ4n) is 0.638. The van der Waals surface area contributed by atoms with Crippen LogP contribution in [0.25, 0.3) is 10.4 Å². The molecule has 0 saturated heterocycles. The minimum atomic E-state index is -1.94. The molecule has 0 fully saturated rings. The summed E-state index contributed by atoms with van der Waals surface area (Å²) in [5.41, 5.74) is 8.11. The predicted octanol–water partition coefficient (Wildman–Crippen LogP) is 1.93. The molecule has 0 saturated carbocycles. The predicted molar refractivity (Wildman–Crippen MR) is 46.8 cm³/mol. The van der Waals surface area contributed by atoms with E-state index in [0.29, 0.717) is 0 Å². The average Bonchev–Trinajstić information content (AvgIpc) is 2.07. The quantitative estimate of drug-likeness (QED) is 0.322. The maximum absolute atomic E-state index is 8.11. The number of hydrogen-bond donors (Lipinski definition) is 0. The van der Waals surface area contributed by atoms with Crippen LogP contribution in [0.2, 0.25) is 0 Å². The van der Waals surface area contributed by atoms with Crippen molar-refractivity contribution in [2.24, 2.45) is 4.03 Å². The van der Waals surface area contributed by atoms with E-state index in [9.17, 15) is 0 Å². The Morgan fingerprint density at radius 1 is 1.36 bits per heavy atom. The molecule has 0 amide bonds. The van der Waals surface area contributed by atoms with E-state index in [0.717, 1.165) is 4.35 Å². The Morgan fingerprint density at radius 3 is 2.55 bits per heavy atom. The number of benzene rings is 1. The molecule has 1 unspecified atom stereocenters. The van der Waals surface area contributed by atoms with Crippen LogP contribution in [0, 0.1) is 0 Å². The topological polar surface area (TPSA) is 48.8 Å². The summed E-state index contributed by atoms with van der Waals surface area (Å²) < 4.78 is 4.44. The van der Waals surface area contributed by atoms with Crippen LogP contribution >= 0.6 is 9.95 Å². The Bertz CT molecular complexity index is 270. The van der Waals surface area contributed by atoms with Gasteiger partial charge in [-0.1, -0.05) is 0 Å². The van der Waals surface area contributed by atoms with Crippen LogP contribution in [-0.4, -0.2) is 13.9 Å². The standard InChI is InChI=1S/C6H5AsClN3/c8-7(10-11-9)6-4-2-1-3-5-6/h1-5H. The minimum absolute atomic E-state index is 0.958. The van der Waals surface area contributed by atoms with E-state index >= 15 is 0 Å². The molecule has 1 rings (SSSR count). The maximum atomic E-state index is 8.11. The number of nitrogens with zero attached hydrogens (tertiary/aromatic N) is 3. The van der Waals surface area contributed by atoms with Crippen molar-refractivity contribution in [2.75, 3.05) is 0 Å². The summed E-state index contributed by atoms with van der Waals surface area (Å²) in [5.74, 6) is 0. The molecule has 0 heterocycles. The summed E-state index contributed by atoms with van der Waals surface area (Å²) in [6.07, 6.45) is 0. The molecule has 0 aliphatic heterocycles. The van der Waals surface area contributed by atoms with Crippen LogP contribution in [0.3, 0.4) is 0 Å². The third kappa shape index (κ3) is 2.47. The van der Waals surface area contributed by atoms with E-state index in [1.807, 2.05) is 30.3 Å². The monoisotopic (exact) mass is 229 g/mol. The van der Waals surface area contributed by atoms with Gasteiger partial charge >= 0.3 is 73.0 Å². The zero-order valence-corrected chi connectivity index (χ0v) is 8.19. The first kappa shape index (κ1) is 8.47. The van der Waals surface area contributed by atoms with Crippen LogP contribution < -0.4 is 4.35 Å². The Hall–Kier alpha value is -0.622. The van der Waals surface area contributed by atoms with E-state index in [1.165, 1.54) is 0 Å². The molecule has 11 heavy (non-hydrogen) atoms. The van der Waals surface area contributed by atoms with Crippen molar-refractivity contribution < 1.29 is 0 Å². The molecule has 0 aromatic heterocycles. The second-order valence-electron chi connectivity index (χ2n) is 1.77. The molecule has 0 aliphatic carbocycles. The molecule has 5 heteroatoms. The van der Waals surface area contributed by atoms with Gasteiger partial charge in [0.25, 0.3) is 0 Å². The van der Waals surface area contributed by atoms with Gasteiger partial charge in [0.1, 0.15) is 0 Å². The molecule has 0 bridgehead atoms. The van der Waals surface area contributed by atoms with Crippen LogP contribution in [0.5, 0.6) is 0 Å². The first-order chi connectivity index (χ1) is 5.34. The van der Waals surface area contributed by atoms with E-state index in [1.54, 1.807) is 0 Å². The molecule has 1 atom stereocenters. The number of hydrogen-bond acceptors (Lipinski definition) is 1. The van der Waals surface area contributed by atoms with Crippen LogP contribution in [0.15, 0.2) is 34.4 Å². The van der Waals surface area contributed by atoms with Gasteiger partial charge in [-0.05, 0) is 0 Å². The van der Waals surface area contributed by atoms with Crippen molar-refractivity contribution in [1.29, 1.82) is 0 Å². The van der Waals surface area contributed by atoms with Gasteiger partial charge in [0.15, 0.2) is 0 Å². The van der Waals surface area contributed by atoms with Crippen molar-refractivity contribution in [3.8, 4) is 0 Å². The molecular formula is C6H5AsClN3. The van der Waals surface area contributed by atoms with Crippen molar-refractivity contribution in [2.45, 2.75) is 0 Å². The Labute approximate surface area is 73.3 Å². The van der Waals surface area contributed by atoms with Gasteiger partial charge in [-0.3, -0.25) is 0 Å². The first-order valence-corrected chi connectivity index (χ1v) is 7.15. The van der Waals surface area contributed by atoms with Crippen LogP contribution in [0.4, 0.5) is 0 Å². The van der Waals surface area contributed by atoms with E-state index in [4.69, 9.17) is 15.5 Å². The SMILES string of the molecule is [N-]=[N+]=N[As](Cl)c1ccccc1. The number of azide groups is 1. The van der Waals surface area contributed by atoms with E-state index in [2.05, 4.69) is 8.94 Å². The summed E-state index contributed by atoms with van der Waals surface area (Å²) in [7, 11) is 5.83. The Morgan fingerprint density at radius 2 is 2.00 bits per heavy atom. The molecule has 1 aromatic carbocycles. The van der Waals surface area contributed by atoms with Crippen LogP contribution in [0.1, 0.15) is 0 Å². The van der Waals surface area contributed by atoms with Crippen molar-refractivity contribution in [3.63, 3.8) is 0 Å². The summed E-state index contributed by atoms with van der Waals surface area (Å²) in [4.78, 5) is 2.67. The van der Waals surface area contributed by atoms with Gasteiger partial charge in [-0.25, -0.2) is 0 Å². The average molecular weight is 230 g/mol. The second-order valence-corrected chi connectivity index (χ2v) is 5.99. The van der Waals surface area contributed by atoms with Crippen molar-refractivity contribution in [3.05, 3.63) is 40.8 Å². The number of rotatable bonds is 2. The molecule has 0 aliphatic rings.